The molecule has 0 rings (SSSR count). The van der Waals surface area contributed by atoms with Gasteiger partial charge in [-0.25, -0.2) is 9.59 Å². The number of esters is 1. The number of carbonyl (C=O) groups is 2. The zero-order valence-electron chi connectivity index (χ0n) is 8.75. The van der Waals surface area contributed by atoms with Gasteiger partial charge in [0.15, 0.2) is 0 Å². The molecule has 0 spiro atoms. The first-order chi connectivity index (χ1) is 6.40. The summed E-state index contributed by atoms with van der Waals surface area (Å²) in [6.45, 7) is 4.72. The first-order valence-corrected chi connectivity index (χ1v) is 4.07. The maximum absolute atomic E-state index is 11.0. The Morgan fingerprint density at radius 1 is 1.21 bits per heavy atom. The van der Waals surface area contributed by atoms with Gasteiger partial charge in [0, 0.05) is 11.1 Å². The Kier molecular flexibility index (Phi) is 4.63. The minimum Gasteiger partial charge on any atom is -0.478 e. The average Bonchev–Trinajstić information content (AvgIpc) is 2.14. The molecular formula is C10H14O4. The van der Waals surface area contributed by atoms with E-state index >= 15 is 0 Å². The standard InChI is InChI=1S/C10H14O4/c1-6(5-7(2)9(11)12)8(3)10(13)14-4/h5H,1-4H3,(H,11,12). The van der Waals surface area contributed by atoms with Crippen LogP contribution in [-0.4, -0.2) is 24.2 Å². The van der Waals surface area contributed by atoms with Crippen molar-refractivity contribution in [3.63, 3.8) is 0 Å². The number of hydrogen-bond acceptors (Lipinski definition) is 3. The predicted molar refractivity (Wildman–Crippen MR) is 51.8 cm³/mol. The van der Waals surface area contributed by atoms with Crippen LogP contribution >= 0.6 is 0 Å². The molecule has 0 aliphatic carbocycles. The number of carboxylic acids is 1. The van der Waals surface area contributed by atoms with E-state index < -0.39 is 11.9 Å². The van der Waals surface area contributed by atoms with Crippen LogP contribution in [0.15, 0.2) is 22.8 Å². The van der Waals surface area contributed by atoms with Crippen LogP contribution < -0.4 is 0 Å². The minimum absolute atomic E-state index is 0.186. The summed E-state index contributed by atoms with van der Waals surface area (Å²) in [4.78, 5) is 21.5. The molecule has 0 saturated heterocycles. The number of aliphatic carboxylic acids is 1. The molecule has 0 radical (unpaired) electrons. The van der Waals surface area contributed by atoms with Gasteiger partial charge < -0.3 is 9.84 Å². The van der Waals surface area contributed by atoms with Crippen LogP contribution in [0.1, 0.15) is 20.8 Å². The second-order valence-electron chi connectivity index (χ2n) is 2.93. The van der Waals surface area contributed by atoms with Crippen LogP contribution in [0.3, 0.4) is 0 Å². The Hall–Kier alpha value is -1.58. The highest BCUT2D eigenvalue weighted by atomic mass is 16.5. The topological polar surface area (TPSA) is 63.6 Å². The molecule has 0 aromatic rings. The number of allylic oxidation sites excluding steroid dienone is 2. The summed E-state index contributed by atoms with van der Waals surface area (Å²) in [5, 5.41) is 8.60. The second kappa shape index (κ2) is 5.21. The summed E-state index contributed by atoms with van der Waals surface area (Å²) in [5.41, 5.74) is 1.19. The number of methoxy groups -OCH3 is 1. The van der Waals surface area contributed by atoms with Crippen LogP contribution in [-0.2, 0) is 14.3 Å². The first kappa shape index (κ1) is 12.4. The molecule has 1 N–H and O–H groups in total. The maximum atomic E-state index is 11.0. The number of carbonyl (C=O) groups excluding carboxylic acids is 1. The van der Waals surface area contributed by atoms with Crippen molar-refractivity contribution in [2.45, 2.75) is 20.8 Å². The number of rotatable bonds is 3. The molecule has 0 aromatic carbocycles. The van der Waals surface area contributed by atoms with E-state index in [1.807, 2.05) is 0 Å². The first-order valence-electron chi connectivity index (χ1n) is 4.07. The Morgan fingerprint density at radius 2 is 1.71 bits per heavy atom. The highest BCUT2D eigenvalue weighted by Crippen LogP contribution is 2.09. The van der Waals surface area contributed by atoms with Crippen molar-refractivity contribution >= 4 is 11.9 Å². The molecule has 0 aliphatic heterocycles. The highest BCUT2D eigenvalue weighted by Gasteiger charge is 2.07. The van der Waals surface area contributed by atoms with Crippen LogP contribution in [0.5, 0.6) is 0 Å². The third-order valence-corrected chi connectivity index (χ3v) is 1.85. The SMILES string of the molecule is COC(=O)C(C)=C(C)C=C(C)C(=O)O. The van der Waals surface area contributed by atoms with Crippen LogP contribution in [0.4, 0.5) is 0 Å². The molecule has 0 atom stereocenters. The van der Waals surface area contributed by atoms with E-state index in [9.17, 15) is 9.59 Å². The van der Waals surface area contributed by atoms with Gasteiger partial charge in [-0.3, -0.25) is 0 Å². The van der Waals surface area contributed by atoms with Gasteiger partial charge >= 0.3 is 11.9 Å². The molecular weight excluding hydrogens is 184 g/mol. The van der Waals surface area contributed by atoms with Crippen LogP contribution in [0.2, 0.25) is 0 Å². The van der Waals surface area contributed by atoms with Gasteiger partial charge in [0.05, 0.1) is 7.11 Å². The quantitative estimate of drug-likeness (QED) is 0.424. The summed E-state index contributed by atoms with van der Waals surface area (Å²) in [6, 6.07) is 0. The van der Waals surface area contributed by atoms with Crippen molar-refractivity contribution in [2.24, 2.45) is 0 Å². The molecule has 4 nitrogen and oxygen atoms in total. The lowest BCUT2D eigenvalue weighted by Crippen LogP contribution is -2.04. The van der Waals surface area contributed by atoms with E-state index in [1.165, 1.54) is 20.1 Å². The number of ether oxygens (including phenoxy) is 1. The monoisotopic (exact) mass is 198 g/mol. The van der Waals surface area contributed by atoms with E-state index in [0.717, 1.165) is 0 Å². The van der Waals surface area contributed by atoms with Crippen molar-refractivity contribution in [2.75, 3.05) is 7.11 Å². The smallest absolute Gasteiger partial charge is 0.333 e. The molecule has 0 bridgehead atoms. The van der Waals surface area contributed by atoms with Crippen molar-refractivity contribution < 1.29 is 19.4 Å². The Labute approximate surface area is 82.9 Å². The molecule has 4 heteroatoms. The Bertz CT molecular complexity index is 310. The number of hydrogen-bond donors (Lipinski definition) is 1. The fraction of sp³-hybridized carbons (Fsp3) is 0.400. The zero-order valence-corrected chi connectivity index (χ0v) is 8.75. The third kappa shape index (κ3) is 3.43. The van der Waals surface area contributed by atoms with Crippen LogP contribution in [0.25, 0.3) is 0 Å². The van der Waals surface area contributed by atoms with Gasteiger partial charge in [0.25, 0.3) is 0 Å². The second-order valence-corrected chi connectivity index (χ2v) is 2.93. The van der Waals surface area contributed by atoms with Gasteiger partial charge in [-0.2, -0.15) is 0 Å². The summed E-state index contributed by atoms with van der Waals surface area (Å²) in [7, 11) is 1.28. The molecule has 78 valence electrons. The van der Waals surface area contributed by atoms with Gasteiger partial charge in [0.2, 0.25) is 0 Å². The van der Waals surface area contributed by atoms with Gasteiger partial charge in [0.1, 0.15) is 0 Å². The summed E-state index contributed by atoms with van der Waals surface area (Å²) in [6.07, 6.45) is 1.44. The lowest BCUT2D eigenvalue weighted by molar-refractivity contribution is -0.136. The fourth-order valence-corrected chi connectivity index (χ4v) is 0.809. The highest BCUT2D eigenvalue weighted by molar-refractivity contribution is 5.90. The molecule has 0 fully saturated rings. The Balaban J connectivity index is 4.94. The van der Waals surface area contributed by atoms with Crippen molar-refractivity contribution in [1.29, 1.82) is 0 Å². The Morgan fingerprint density at radius 3 is 2.07 bits per heavy atom. The van der Waals surface area contributed by atoms with Crippen LogP contribution in [0, 0.1) is 0 Å². The lowest BCUT2D eigenvalue weighted by Gasteiger charge is -2.02. The fourth-order valence-electron chi connectivity index (χ4n) is 0.809. The van der Waals surface area contributed by atoms with E-state index in [4.69, 9.17) is 5.11 Å². The van der Waals surface area contributed by atoms with Crippen molar-refractivity contribution in [1.82, 2.24) is 0 Å². The summed E-state index contributed by atoms with van der Waals surface area (Å²) in [5.74, 6) is -1.45. The molecule has 0 aromatic heterocycles. The van der Waals surface area contributed by atoms with E-state index in [-0.39, 0.29) is 5.57 Å². The summed E-state index contributed by atoms with van der Waals surface area (Å²) < 4.78 is 4.50. The number of carboxylic acid groups (broad SMARTS) is 1. The third-order valence-electron chi connectivity index (χ3n) is 1.85. The van der Waals surface area contributed by atoms with Crippen molar-refractivity contribution in [3.8, 4) is 0 Å². The molecule has 0 saturated carbocycles. The predicted octanol–water partition coefficient (Wildman–Crippen LogP) is 1.53. The molecule has 0 unspecified atom stereocenters. The van der Waals surface area contributed by atoms with E-state index in [1.54, 1.807) is 13.8 Å². The van der Waals surface area contributed by atoms with E-state index in [0.29, 0.717) is 11.1 Å². The van der Waals surface area contributed by atoms with E-state index in [2.05, 4.69) is 4.74 Å². The molecule has 0 amide bonds. The zero-order chi connectivity index (χ0) is 11.3. The average molecular weight is 198 g/mol. The molecule has 14 heavy (non-hydrogen) atoms. The molecule has 0 aliphatic rings. The minimum atomic E-state index is -0.998. The normalized spacial score (nSPS) is 13.3. The van der Waals surface area contributed by atoms with Gasteiger partial charge in [-0.05, 0) is 32.4 Å². The molecule has 0 heterocycles. The van der Waals surface area contributed by atoms with Gasteiger partial charge in [-0.15, -0.1) is 0 Å². The van der Waals surface area contributed by atoms with Gasteiger partial charge in [-0.1, -0.05) is 0 Å². The van der Waals surface area contributed by atoms with Crippen molar-refractivity contribution in [3.05, 3.63) is 22.8 Å². The maximum Gasteiger partial charge on any atom is 0.333 e. The summed E-state index contributed by atoms with van der Waals surface area (Å²) >= 11 is 0. The largest absolute Gasteiger partial charge is 0.478 e. The lowest BCUT2D eigenvalue weighted by atomic mass is 10.1.